The van der Waals surface area contributed by atoms with Gasteiger partial charge in [-0.15, -0.1) is 11.3 Å². The molecule has 1 aliphatic carbocycles. The lowest BCUT2D eigenvalue weighted by Gasteiger charge is -2.37. The molecule has 140 valence electrons. The van der Waals surface area contributed by atoms with E-state index in [9.17, 15) is 0 Å². The van der Waals surface area contributed by atoms with Crippen molar-refractivity contribution in [1.29, 1.82) is 0 Å². The van der Waals surface area contributed by atoms with E-state index in [0.29, 0.717) is 0 Å². The van der Waals surface area contributed by atoms with Gasteiger partial charge in [0.05, 0.1) is 5.39 Å². The molecule has 2 aliphatic rings. The number of rotatable bonds is 2. The quantitative estimate of drug-likeness (QED) is 0.659. The largest absolute Gasteiger partial charge is 0.368 e. The van der Waals surface area contributed by atoms with Gasteiger partial charge in [-0.25, -0.2) is 9.97 Å². The smallest absolute Gasteiger partial charge is 0.141 e. The molecule has 0 amide bonds. The average Bonchev–Trinajstić information content (AvgIpc) is 3.06. The molecule has 3 aromatic rings. The first-order chi connectivity index (χ1) is 13.2. The van der Waals surface area contributed by atoms with Crippen LogP contribution in [0.2, 0.25) is 0 Å². The molecular weight excluding hydrogens is 352 g/mol. The fourth-order valence-electron chi connectivity index (χ4n) is 4.58. The normalized spacial score (nSPS) is 20.1. The van der Waals surface area contributed by atoms with Crippen molar-refractivity contribution < 1.29 is 0 Å². The Hall–Kier alpha value is -2.14. The van der Waals surface area contributed by atoms with Crippen molar-refractivity contribution in [2.45, 2.75) is 33.1 Å². The molecule has 1 aromatic carbocycles. The van der Waals surface area contributed by atoms with E-state index in [0.717, 1.165) is 37.9 Å². The van der Waals surface area contributed by atoms with E-state index in [2.05, 4.69) is 52.9 Å². The first-order valence-corrected chi connectivity index (χ1v) is 10.8. The Bertz CT molecular complexity index is 972. The minimum Gasteiger partial charge on any atom is -0.368 e. The summed E-state index contributed by atoms with van der Waals surface area (Å²) < 4.78 is 0. The Kier molecular flexibility index (Phi) is 4.27. The summed E-state index contributed by atoms with van der Waals surface area (Å²) in [5.41, 5.74) is 4.26. The van der Waals surface area contributed by atoms with Crippen LogP contribution >= 0.6 is 11.3 Å². The van der Waals surface area contributed by atoms with Gasteiger partial charge in [-0.2, -0.15) is 0 Å². The monoisotopic (exact) mass is 378 g/mol. The van der Waals surface area contributed by atoms with Crippen molar-refractivity contribution in [2.75, 3.05) is 36.0 Å². The van der Waals surface area contributed by atoms with Gasteiger partial charge in [0.25, 0.3) is 0 Å². The van der Waals surface area contributed by atoms with Crippen LogP contribution in [0.4, 0.5) is 11.5 Å². The lowest BCUT2D eigenvalue weighted by atomic mass is 9.88. The molecule has 1 saturated heterocycles. The van der Waals surface area contributed by atoms with E-state index >= 15 is 0 Å². The number of benzene rings is 1. The van der Waals surface area contributed by atoms with Crippen LogP contribution < -0.4 is 9.80 Å². The number of nitrogens with zero attached hydrogens (tertiary/aromatic N) is 4. The Morgan fingerprint density at radius 1 is 1.04 bits per heavy atom. The second-order valence-corrected chi connectivity index (χ2v) is 9.07. The van der Waals surface area contributed by atoms with Crippen molar-refractivity contribution in [3.05, 3.63) is 46.6 Å². The Morgan fingerprint density at radius 3 is 2.63 bits per heavy atom. The SMILES string of the molecule is Cc1ccccc1N1CCN(c2ncnc3sc4c(c23)C[C@@H](C)CC4)CC1. The first kappa shape index (κ1) is 17.0. The summed E-state index contributed by atoms with van der Waals surface area (Å²) in [6, 6.07) is 8.70. The van der Waals surface area contributed by atoms with Gasteiger partial charge in [0.1, 0.15) is 17.0 Å². The molecule has 1 atom stereocenters. The van der Waals surface area contributed by atoms with Gasteiger partial charge >= 0.3 is 0 Å². The fraction of sp³-hybridized carbons (Fsp3) is 0.455. The molecular formula is C22H26N4S. The van der Waals surface area contributed by atoms with E-state index in [1.807, 2.05) is 11.3 Å². The van der Waals surface area contributed by atoms with E-state index in [-0.39, 0.29) is 0 Å². The second-order valence-electron chi connectivity index (χ2n) is 7.99. The summed E-state index contributed by atoms with van der Waals surface area (Å²) in [4.78, 5) is 17.1. The highest BCUT2D eigenvalue weighted by Crippen LogP contribution is 2.40. The van der Waals surface area contributed by atoms with Gasteiger partial charge in [-0.05, 0) is 49.3 Å². The van der Waals surface area contributed by atoms with Gasteiger partial charge in [-0.3, -0.25) is 0 Å². The van der Waals surface area contributed by atoms with Crippen LogP contribution in [0.5, 0.6) is 0 Å². The number of aromatic nitrogens is 2. The predicted molar refractivity (Wildman–Crippen MR) is 114 cm³/mol. The van der Waals surface area contributed by atoms with Crippen LogP contribution in [0.3, 0.4) is 0 Å². The zero-order valence-corrected chi connectivity index (χ0v) is 16.9. The number of para-hydroxylation sites is 1. The molecule has 0 radical (unpaired) electrons. The number of anilines is 2. The van der Waals surface area contributed by atoms with Crippen molar-refractivity contribution >= 4 is 33.1 Å². The first-order valence-electron chi connectivity index (χ1n) is 10.0. The topological polar surface area (TPSA) is 32.3 Å². The zero-order valence-electron chi connectivity index (χ0n) is 16.1. The average molecular weight is 379 g/mol. The van der Waals surface area contributed by atoms with E-state index in [4.69, 9.17) is 4.98 Å². The van der Waals surface area contributed by atoms with Gasteiger partial charge in [-0.1, -0.05) is 25.1 Å². The molecule has 3 heterocycles. The highest BCUT2D eigenvalue weighted by atomic mass is 32.1. The molecule has 5 heteroatoms. The predicted octanol–water partition coefficient (Wildman–Crippen LogP) is 4.45. The molecule has 1 aliphatic heterocycles. The van der Waals surface area contributed by atoms with Gasteiger partial charge < -0.3 is 9.80 Å². The van der Waals surface area contributed by atoms with Gasteiger partial charge in [0.2, 0.25) is 0 Å². The highest BCUT2D eigenvalue weighted by Gasteiger charge is 2.26. The minimum atomic E-state index is 0.765. The van der Waals surface area contributed by atoms with Crippen LogP contribution in [-0.4, -0.2) is 36.1 Å². The van der Waals surface area contributed by atoms with Crippen LogP contribution in [-0.2, 0) is 12.8 Å². The van der Waals surface area contributed by atoms with E-state index in [1.165, 1.54) is 46.3 Å². The summed E-state index contributed by atoms with van der Waals surface area (Å²) in [7, 11) is 0. The molecule has 0 saturated carbocycles. The van der Waals surface area contributed by atoms with Gasteiger partial charge in [0, 0.05) is 36.7 Å². The van der Waals surface area contributed by atoms with Crippen LogP contribution in [0.1, 0.15) is 29.3 Å². The second kappa shape index (κ2) is 6.79. The molecule has 5 rings (SSSR count). The summed E-state index contributed by atoms with van der Waals surface area (Å²) in [6.07, 6.45) is 5.45. The number of hydrogen-bond acceptors (Lipinski definition) is 5. The zero-order chi connectivity index (χ0) is 18.4. The maximum absolute atomic E-state index is 4.75. The van der Waals surface area contributed by atoms with Crippen LogP contribution in [0, 0.1) is 12.8 Å². The van der Waals surface area contributed by atoms with Crippen LogP contribution in [0.25, 0.3) is 10.2 Å². The third-order valence-corrected chi connectivity index (χ3v) is 7.30. The molecule has 4 nitrogen and oxygen atoms in total. The molecule has 2 aromatic heterocycles. The van der Waals surface area contributed by atoms with Gasteiger partial charge in [0.15, 0.2) is 0 Å². The Morgan fingerprint density at radius 2 is 1.81 bits per heavy atom. The lowest BCUT2D eigenvalue weighted by molar-refractivity contribution is 0.508. The third kappa shape index (κ3) is 2.98. The molecule has 1 fully saturated rings. The summed E-state index contributed by atoms with van der Waals surface area (Å²) in [6.45, 7) is 8.69. The van der Waals surface area contributed by atoms with Crippen molar-refractivity contribution in [2.24, 2.45) is 5.92 Å². The third-order valence-electron chi connectivity index (χ3n) is 6.10. The van der Waals surface area contributed by atoms with Crippen molar-refractivity contribution in [3.63, 3.8) is 0 Å². The maximum atomic E-state index is 4.75. The maximum Gasteiger partial charge on any atom is 0.141 e. The lowest BCUT2D eigenvalue weighted by Crippen LogP contribution is -2.47. The minimum absolute atomic E-state index is 0.765. The summed E-state index contributed by atoms with van der Waals surface area (Å²) in [5, 5.41) is 1.34. The molecule has 0 spiro atoms. The molecule has 0 N–H and O–H groups in total. The summed E-state index contributed by atoms with van der Waals surface area (Å²) in [5.74, 6) is 1.93. The molecule has 0 unspecified atom stereocenters. The Balaban J connectivity index is 1.44. The summed E-state index contributed by atoms with van der Waals surface area (Å²) >= 11 is 1.89. The van der Waals surface area contributed by atoms with Crippen molar-refractivity contribution in [1.82, 2.24) is 9.97 Å². The van der Waals surface area contributed by atoms with Crippen LogP contribution in [0.15, 0.2) is 30.6 Å². The molecule has 0 bridgehead atoms. The van der Waals surface area contributed by atoms with E-state index < -0.39 is 0 Å². The number of aryl methyl sites for hydroxylation is 2. The number of thiophene rings is 1. The Labute approximate surface area is 164 Å². The highest BCUT2D eigenvalue weighted by molar-refractivity contribution is 7.19. The van der Waals surface area contributed by atoms with Crippen molar-refractivity contribution in [3.8, 4) is 0 Å². The fourth-order valence-corrected chi connectivity index (χ4v) is 5.76. The molecule has 27 heavy (non-hydrogen) atoms. The van der Waals surface area contributed by atoms with E-state index in [1.54, 1.807) is 11.2 Å². The number of fused-ring (bicyclic) bond motifs is 3. The standard InChI is InChI=1S/C22H26N4S/c1-15-7-8-19-17(13-15)20-21(23-14-24-22(20)27-19)26-11-9-25(10-12-26)18-6-4-3-5-16(18)2/h3-6,14-15H,7-13H2,1-2H3/t15-/m0/s1. The number of piperazine rings is 1. The number of hydrogen-bond donors (Lipinski definition) is 0.